The summed E-state index contributed by atoms with van der Waals surface area (Å²) >= 11 is 0. The van der Waals surface area contributed by atoms with Gasteiger partial charge in [-0.3, -0.25) is 0 Å². The van der Waals surface area contributed by atoms with Gasteiger partial charge in [0.2, 0.25) is 9.84 Å². The Morgan fingerprint density at radius 2 is 1.48 bits per heavy atom. The fourth-order valence-electron chi connectivity index (χ4n) is 2.36. The van der Waals surface area contributed by atoms with E-state index in [1.54, 1.807) is 6.92 Å². The van der Waals surface area contributed by atoms with E-state index in [1.807, 2.05) is 0 Å². The highest BCUT2D eigenvalue weighted by Gasteiger charge is 2.28. The number of carbonyl (C=O) groups is 2. The molecule has 8 heteroatoms. The van der Waals surface area contributed by atoms with Crippen LogP contribution in [0, 0.1) is 6.92 Å². The third kappa shape index (κ3) is 3.34. The van der Waals surface area contributed by atoms with E-state index in [9.17, 15) is 18.0 Å². The predicted octanol–water partition coefficient (Wildman–Crippen LogP) is 1.98. The van der Waals surface area contributed by atoms with Gasteiger partial charge in [0.15, 0.2) is 0 Å². The van der Waals surface area contributed by atoms with Crippen LogP contribution in [0.2, 0.25) is 0 Å². The second-order valence-corrected chi connectivity index (χ2v) is 7.07. The van der Waals surface area contributed by atoms with Gasteiger partial charge in [0.25, 0.3) is 0 Å². The van der Waals surface area contributed by atoms with Gasteiger partial charge >= 0.3 is 11.9 Å². The number of methoxy groups -OCH3 is 2. The minimum absolute atomic E-state index is 0.0981. The Morgan fingerprint density at radius 3 is 2.08 bits per heavy atom. The minimum atomic E-state index is -4.11. The highest BCUT2D eigenvalue weighted by molar-refractivity contribution is 7.91. The second-order valence-electron chi connectivity index (χ2n) is 5.19. The Kier molecular flexibility index (Phi) is 5.13. The van der Waals surface area contributed by atoms with E-state index < -0.39 is 21.8 Å². The highest BCUT2D eigenvalue weighted by atomic mass is 32.2. The van der Waals surface area contributed by atoms with Crippen LogP contribution in [0.5, 0.6) is 0 Å². The molecule has 0 saturated heterocycles. The maximum atomic E-state index is 13.0. The van der Waals surface area contributed by atoms with Crippen LogP contribution in [0.4, 0.5) is 5.69 Å². The van der Waals surface area contributed by atoms with E-state index in [-0.39, 0.29) is 26.6 Å². The molecular weight excluding hydrogens is 346 g/mol. The fourth-order valence-corrected chi connectivity index (χ4v) is 4.00. The summed E-state index contributed by atoms with van der Waals surface area (Å²) < 4.78 is 35.3. The SMILES string of the molecule is COC(=O)c1cc(N)c(S(=O)(=O)c2ccccc2C(=O)OC)cc1C. The second kappa shape index (κ2) is 6.94. The molecule has 0 bridgehead atoms. The molecule has 2 N–H and O–H groups in total. The van der Waals surface area contributed by atoms with E-state index in [1.165, 1.54) is 43.5 Å². The van der Waals surface area contributed by atoms with E-state index in [2.05, 4.69) is 9.47 Å². The van der Waals surface area contributed by atoms with Crippen molar-refractivity contribution in [2.24, 2.45) is 0 Å². The van der Waals surface area contributed by atoms with Crippen molar-refractivity contribution in [2.75, 3.05) is 20.0 Å². The first-order valence-electron chi connectivity index (χ1n) is 7.15. The molecular formula is C17H17NO6S. The van der Waals surface area contributed by atoms with Crippen molar-refractivity contribution in [3.63, 3.8) is 0 Å². The first-order chi connectivity index (χ1) is 11.7. The summed E-state index contributed by atoms with van der Waals surface area (Å²) in [5.41, 5.74) is 6.20. The van der Waals surface area contributed by atoms with Gasteiger partial charge < -0.3 is 15.2 Å². The van der Waals surface area contributed by atoms with Crippen molar-refractivity contribution in [3.8, 4) is 0 Å². The zero-order chi connectivity index (χ0) is 18.8. The van der Waals surface area contributed by atoms with Crippen LogP contribution in [-0.4, -0.2) is 34.6 Å². The topological polar surface area (TPSA) is 113 Å². The zero-order valence-corrected chi connectivity index (χ0v) is 14.7. The summed E-state index contributed by atoms with van der Waals surface area (Å²) in [5, 5.41) is 0. The lowest BCUT2D eigenvalue weighted by molar-refractivity contribution is 0.0589. The number of ether oxygens (including phenoxy) is 2. The van der Waals surface area contributed by atoms with Crippen molar-refractivity contribution >= 4 is 27.5 Å². The lowest BCUT2D eigenvalue weighted by Crippen LogP contribution is -2.14. The first-order valence-corrected chi connectivity index (χ1v) is 8.63. The maximum Gasteiger partial charge on any atom is 0.339 e. The molecule has 7 nitrogen and oxygen atoms in total. The number of nitrogen functional groups attached to an aromatic ring is 1. The van der Waals surface area contributed by atoms with E-state index >= 15 is 0 Å². The summed E-state index contributed by atoms with van der Waals surface area (Å²) in [4.78, 5) is 23.2. The summed E-state index contributed by atoms with van der Waals surface area (Å²) in [6.07, 6.45) is 0. The van der Waals surface area contributed by atoms with Gasteiger partial charge in [0, 0.05) is 0 Å². The molecule has 2 aromatic rings. The molecule has 0 amide bonds. The van der Waals surface area contributed by atoms with Crippen LogP contribution in [0.3, 0.4) is 0 Å². The molecule has 0 saturated carbocycles. The molecule has 0 heterocycles. The molecule has 132 valence electrons. The minimum Gasteiger partial charge on any atom is -0.465 e. The van der Waals surface area contributed by atoms with Crippen LogP contribution >= 0.6 is 0 Å². The highest BCUT2D eigenvalue weighted by Crippen LogP contribution is 2.31. The van der Waals surface area contributed by atoms with Gasteiger partial charge in [-0.25, -0.2) is 18.0 Å². The number of nitrogens with two attached hydrogens (primary N) is 1. The molecule has 0 radical (unpaired) electrons. The summed E-state index contributed by atoms with van der Waals surface area (Å²) in [7, 11) is -1.73. The molecule has 2 aromatic carbocycles. The number of carbonyl (C=O) groups excluding carboxylic acids is 2. The van der Waals surface area contributed by atoms with Crippen molar-refractivity contribution in [2.45, 2.75) is 16.7 Å². The van der Waals surface area contributed by atoms with Crippen LogP contribution in [0.25, 0.3) is 0 Å². The van der Waals surface area contributed by atoms with Gasteiger partial charge in [0.1, 0.15) is 0 Å². The average Bonchev–Trinajstić information content (AvgIpc) is 2.61. The first kappa shape index (κ1) is 18.5. The number of hydrogen-bond acceptors (Lipinski definition) is 7. The largest absolute Gasteiger partial charge is 0.465 e. The lowest BCUT2D eigenvalue weighted by atomic mass is 10.1. The molecule has 25 heavy (non-hydrogen) atoms. The normalized spacial score (nSPS) is 11.0. The van der Waals surface area contributed by atoms with Crippen LogP contribution in [-0.2, 0) is 19.3 Å². The summed E-state index contributed by atoms with van der Waals surface area (Å²) in [5.74, 6) is -1.40. The molecule has 0 aromatic heterocycles. The Bertz CT molecular complexity index is 950. The number of esters is 2. The summed E-state index contributed by atoms with van der Waals surface area (Å²) in [6.45, 7) is 1.57. The molecule has 0 fully saturated rings. The zero-order valence-electron chi connectivity index (χ0n) is 13.9. The van der Waals surface area contributed by atoms with Crippen LogP contribution in [0.15, 0.2) is 46.2 Å². The number of sulfone groups is 1. The lowest BCUT2D eigenvalue weighted by Gasteiger charge is -2.13. The smallest absolute Gasteiger partial charge is 0.339 e. The van der Waals surface area contributed by atoms with Crippen LogP contribution < -0.4 is 5.73 Å². The fraction of sp³-hybridized carbons (Fsp3) is 0.176. The standard InChI is InChI=1S/C17H17NO6S/c1-10-8-15(13(18)9-12(10)17(20)24-3)25(21,22)14-7-5-4-6-11(14)16(19)23-2/h4-9H,18H2,1-3H3. The predicted molar refractivity (Wildman–Crippen MR) is 90.2 cm³/mol. The monoisotopic (exact) mass is 363 g/mol. The van der Waals surface area contributed by atoms with Gasteiger partial charge in [-0.05, 0) is 36.8 Å². The number of benzene rings is 2. The molecule has 0 aliphatic heterocycles. The quantitative estimate of drug-likeness (QED) is 0.653. The third-order valence-electron chi connectivity index (χ3n) is 3.63. The molecule has 2 rings (SSSR count). The number of hydrogen-bond donors (Lipinski definition) is 1. The van der Waals surface area contributed by atoms with Crippen molar-refractivity contribution in [1.29, 1.82) is 0 Å². The van der Waals surface area contributed by atoms with Gasteiger partial charge in [-0.2, -0.15) is 0 Å². The van der Waals surface area contributed by atoms with Crippen molar-refractivity contribution < 1.29 is 27.5 Å². The van der Waals surface area contributed by atoms with Gasteiger partial charge in [-0.1, -0.05) is 12.1 Å². The number of aryl methyl sites for hydroxylation is 1. The van der Waals surface area contributed by atoms with Gasteiger partial charge in [-0.15, -0.1) is 0 Å². The Morgan fingerprint density at radius 1 is 0.920 bits per heavy atom. The number of rotatable bonds is 4. The Hall–Kier alpha value is -2.87. The Labute approximate surface area is 145 Å². The summed E-state index contributed by atoms with van der Waals surface area (Å²) in [6, 6.07) is 8.19. The molecule has 0 aliphatic rings. The Balaban J connectivity index is 2.69. The van der Waals surface area contributed by atoms with Crippen molar-refractivity contribution in [3.05, 3.63) is 53.1 Å². The molecule has 0 atom stereocenters. The molecule has 0 spiro atoms. The van der Waals surface area contributed by atoms with Gasteiger partial charge in [0.05, 0.1) is 40.8 Å². The average molecular weight is 363 g/mol. The van der Waals surface area contributed by atoms with E-state index in [0.717, 1.165) is 7.11 Å². The maximum absolute atomic E-state index is 13.0. The molecule has 0 unspecified atom stereocenters. The third-order valence-corrected chi connectivity index (χ3v) is 5.50. The van der Waals surface area contributed by atoms with Crippen LogP contribution in [0.1, 0.15) is 26.3 Å². The molecule has 0 aliphatic carbocycles. The number of anilines is 1. The van der Waals surface area contributed by atoms with E-state index in [4.69, 9.17) is 5.73 Å². The van der Waals surface area contributed by atoms with Crippen molar-refractivity contribution in [1.82, 2.24) is 0 Å². The van der Waals surface area contributed by atoms with E-state index in [0.29, 0.717) is 5.56 Å².